The van der Waals surface area contributed by atoms with E-state index < -0.39 is 0 Å². The average molecular weight is 405 g/mol. The molecule has 2 aromatic rings. The quantitative estimate of drug-likeness (QED) is 0.788. The van der Waals surface area contributed by atoms with Crippen LogP contribution in [0.25, 0.3) is 0 Å². The molecule has 0 radical (unpaired) electrons. The lowest BCUT2D eigenvalue weighted by molar-refractivity contribution is -0.105. The van der Waals surface area contributed by atoms with Crippen LogP contribution < -0.4 is 5.32 Å². The van der Waals surface area contributed by atoms with Crippen LogP contribution in [0.2, 0.25) is 0 Å². The van der Waals surface area contributed by atoms with E-state index in [9.17, 15) is 14.4 Å². The van der Waals surface area contributed by atoms with Gasteiger partial charge in [-0.1, -0.05) is 18.2 Å². The van der Waals surface area contributed by atoms with Gasteiger partial charge in [-0.3, -0.25) is 14.4 Å². The number of hydrogen-bond donors (Lipinski definition) is 1. The number of piperidine rings is 1. The monoisotopic (exact) mass is 405 g/mol. The van der Waals surface area contributed by atoms with Crippen molar-refractivity contribution >= 4 is 23.9 Å². The van der Waals surface area contributed by atoms with Gasteiger partial charge in [-0.15, -0.1) is 0 Å². The van der Waals surface area contributed by atoms with Crippen molar-refractivity contribution in [1.82, 2.24) is 9.80 Å². The third kappa shape index (κ3) is 3.47. The molecule has 2 aliphatic rings. The minimum absolute atomic E-state index is 0.00260. The van der Waals surface area contributed by atoms with Crippen LogP contribution in [0.3, 0.4) is 0 Å². The highest BCUT2D eigenvalue weighted by Crippen LogP contribution is 2.36. The fourth-order valence-electron chi connectivity index (χ4n) is 4.52. The Labute approximate surface area is 176 Å². The van der Waals surface area contributed by atoms with Gasteiger partial charge in [0.2, 0.25) is 6.41 Å². The minimum Gasteiger partial charge on any atom is -0.339 e. The average Bonchev–Trinajstić information content (AvgIpc) is 2.98. The van der Waals surface area contributed by atoms with Crippen molar-refractivity contribution in [3.05, 3.63) is 64.2 Å². The molecule has 1 fully saturated rings. The number of carbonyl (C=O) groups excluding carboxylic acids is 3. The summed E-state index contributed by atoms with van der Waals surface area (Å²) in [7, 11) is 1.85. The van der Waals surface area contributed by atoms with Gasteiger partial charge >= 0.3 is 0 Å². The van der Waals surface area contributed by atoms with Crippen molar-refractivity contribution in [3.63, 3.8) is 0 Å². The molecule has 156 valence electrons. The predicted molar refractivity (Wildman–Crippen MR) is 116 cm³/mol. The van der Waals surface area contributed by atoms with Gasteiger partial charge < -0.3 is 15.1 Å². The molecule has 0 spiro atoms. The van der Waals surface area contributed by atoms with Crippen molar-refractivity contribution in [3.8, 4) is 0 Å². The number of benzene rings is 2. The Bertz CT molecular complexity index is 1010. The molecule has 0 aliphatic carbocycles. The van der Waals surface area contributed by atoms with Gasteiger partial charge in [0.25, 0.3) is 11.8 Å². The first-order valence-electron chi connectivity index (χ1n) is 10.4. The van der Waals surface area contributed by atoms with Crippen molar-refractivity contribution in [1.29, 1.82) is 0 Å². The number of rotatable bonds is 4. The summed E-state index contributed by atoms with van der Waals surface area (Å²) in [6.07, 6.45) is 2.42. The van der Waals surface area contributed by atoms with E-state index in [0.717, 1.165) is 29.5 Å². The first kappa shape index (κ1) is 20.1. The van der Waals surface area contributed by atoms with Crippen molar-refractivity contribution in [2.24, 2.45) is 0 Å². The maximum atomic E-state index is 12.9. The van der Waals surface area contributed by atoms with E-state index in [2.05, 4.69) is 24.4 Å². The largest absolute Gasteiger partial charge is 0.339 e. The van der Waals surface area contributed by atoms with E-state index in [-0.39, 0.29) is 17.9 Å². The van der Waals surface area contributed by atoms with Gasteiger partial charge in [0.1, 0.15) is 0 Å². The number of amides is 3. The summed E-state index contributed by atoms with van der Waals surface area (Å²) >= 11 is 0. The highest BCUT2D eigenvalue weighted by Gasteiger charge is 2.32. The summed E-state index contributed by atoms with van der Waals surface area (Å²) < 4.78 is 0. The van der Waals surface area contributed by atoms with Crippen LogP contribution >= 0.6 is 0 Å². The fraction of sp³-hybridized carbons (Fsp3) is 0.375. The van der Waals surface area contributed by atoms with Crippen LogP contribution in [0.5, 0.6) is 0 Å². The summed E-state index contributed by atoms with van der Waals surface area (Å²) in [4.78, 5) is 39.7. The Hall–Kier alpha value is -3.15. The van der Waals surface area contributed by atoms with Gasteiger partial charge in [0.05, 0.1) is 6.04 Å². The molecule has 4 rings (SSSR count). The summed E-state index contributed by atoms with van der Waals surface area (Å²) in [5.41, 5.74) is 5.35. The van der Waals surface area contributed by atoms with Crippen LogP contribution in [0, 0.1) is 6.92 Å². The predicted octanol–water partition coefficient (Wildman–Crippen LogP) is 3.73. The van der Waals surface area contributed by atoms with Gasteiger partial charge in [-0.2, -0.15) is 0 Å². The molecule has 0 saturated carbocycles. The summed E-state index contributed by atoms with van der Waals surface area (Å²) in [6.45, 7) is 5.34. The first-order chi connectivity index (χ1) is 14.4. The van der Waals surface area contributed by atoms with Crippen molar-refractivity contribution in [2.45, 2.75) is 38.6 Å². The SMILES string of the molecule is Cc1ccc(C(=O)N2CCC(c3ccc4c(c3)C(C)N(C)C4=O)CC2)cc1NC=O. The van der Waals surface area contributed by atoms with Crippen molar-refractivity contribution < 1.29 is 14.4 Å². The lowest BCUT2D eigenvalue weighted by Crippen LogP contribution is -2.38. The molecule has 1 unspecified atom stereocenters. The first-order valence-corrected chi connectivity index (χ1v) is 10.4. The van der Waals surface area contributed by atoms with Gasteiger partial charge in [-0.25, -0.2) is 0 Å². The normalized spacial score (nSPS) is 19.0. The highest BCUT2D eigenvalue weighted by molar-refractivity contribution is 5.99. The maximum Gasteiger partial charge on any atom is 0.254 e. The van der Waals surface area contributed by atoms with Crippen LogP contribution in [0.1, 0.15) is 69.1 Å². The zero-order valence-electron chi connectivity index (χ0n) is 17.6. The van der Waals surface area contributed by atoms with Crippen molar-refractivity contribution in [2.75, 3.05) is 25.5 Å². The Balaban J connectivity index is 1.45. The molecule has 1 saturated heterocycles. The lowest BCUT2D eigenvalue weighted by atomic mass is 9.87. The Kier molecular flexibility index (Phi) is 5.33. The number of fused-ring (bicyclic) bond motifs is 1. The molecule has 2 heterocycles. The molecular formula is C24H27N3O3. The molecule has 6 heteroatoms. The molecule has 1 N–H and O–H groups in total. The molecule has 0 bridgehead atoms. The summed E-state index contributed by atoms with van der Waals surface area (Å²) in [5, 5.41) is 2.65. The van der Waals surface area contributed by atoms with Gasteiger partial charge in [-0.05, 0) is 67.5 Å². The zero-order chi connectivity index (χ0) is 21.4. The summed E-state index contributed by atoms with van der Waals surface area (Å²) in [6, 6.07) is 11.7. The number of hydrogen-bond acceptors (Lipinski definition) is 3. The van der Waals surface area contributed by atoms with Crippen LogP contribution in [0.4, 0.5) is 5.69 Å². The molecule has 30 heavy (non-hydrogen) atoms. The number of anilines is 1. The zero-order valence-corrected chi connectivity index (χ0v) is 17.6. The van der Waals surface area contributed by atoms with Crippen LogP contribution in [-0.4, -0.2) is 48.2 Å². The maximum absolute atomic E-state index is 12.9. The third-order valence-electron chi connectivity index (χ3n) is 6.61. The summed E-state index contributed by atoms with van der Waals surface area (Å²) in [5.74, 6) is 0.473. The smallest absolute Gasteiger partial charge is 0.254 e. The topological polar surface area (TPSA) is 69.7 Å². The second-order valence-corrected chi connectivity index (χ2v) is 8.30. The molecule has 0 aromatic heterocycles. The number of carbonyl (C=O) groups is 3. The van der Waals surface area contributed by atoms with E-state index >= 15 is 0 Å². The molecule has 1 atom stereocenters. The third-order valence-corrected chi connectivity index (χ3v) is 6.61. The number of nitrogens with one attached hydrogen (secondary N) is 1. The van der Waals surface area contributed by atoms with Gasteiger partial charge in [0.15, 0.2) is 0 Å². The van der Waals surface area contributed by atoms with E-state index in [4.69, 9.17) is 0 Å². The Morgan fingerprint density at radius 1 is 1.13 bits per heavy atom. The number of aryl methyl sites for hydroxylation is 1. The lowest BCUT2D eigenvalue weighted by Gasteiger charge is -2.32. The molecular weight excluding hydrogens is 378 g/mol. The molecule has 2 aromatic carbocycles. The van der Waals surface area contributed by atoms with E-state index in [0.29, 0.717) is 36.7 Å². The number of nitrogens with zero attached hydrogens (tertiary/aromatic N) is 2. The standard InChI is InChI=1S/C24H27N3O3/c1-15-4-5-19(13-22(15)25-14-28)23(29)27-10-8-17(9-11-27)18-6-7-20-21(12-18)16(2)26(3)24(20)30/h4-7,12-14,16-17H,8-11H2,1-3H3,(H,25,28). The van der Waals surface area contributed by atoms with Crippen LogP contribution in [-0.2, 0) is 4.79 Å². The highest BCUT2D eigenvalue weighted by atomic mass is 16.2. The molecule has 6 nitrogen and oxygen atoms in total. The minimum atomic E-state index is -0.00260. The molecule has 3 amide bonds. The molecule has 2 aliphatic heterocycles. The second-order valence-electron chi connectivity index (χ2n) is 8.30. The second kappa shape index (κ2) is 7.94. The van der Waals surface area contributed by atoms with E-state index in [1.807, 2.05) is 37.1 Å². The fourth-order valence-corrected chi connectivity index (χ4v) is 4.52. The van der Waals surface area contributed by atoms with E-state index in [1.165, 1.54) is 5.56 Å². The number of likely N-dealkylation sites (tertiary alicyclic amines) is 1. The van der Waals surface area contributed by atoms with Crippen LogP contribution in [0.15, 0.2) is 36.4 Å². The van der Waals surface area contributed by atoms with E-state index in [1.54, 1.807) is 11.0 Å². The Morgan fingerprint density at radius 3 is 2.57 bits per heavy atom. The Morgan fingerprint density at radius 2 is 1.87 bits per heavy atom. The van der Waals surface area contributed by atoms with Gasteiger partial charge in [0, 0.05) is 37.0 Å².